The number of pyridine rings is 1. The topological polar surface area (TPSA) is 66.9 Å². The standard InChI is InChI=1S/C20H19N5O/c1-26-14-13-25(15-5-3-2-4-6-15)20-23-12-9-18(24-20)16-7-10-21-19-17(16)8-11-22-19/h2-12H,13-14H2,1H3,(H,21,22). The van der Waals surface area contributed by atoms with Crippen molar-refractivity contribution in [2.45, 2.75) is 0 Å². The maximum atomic E-state index is 5.27. The van der Waals surface area contributed by atoms with E-state index in [-0.39, 0.29) is 0 Å². The number of hydrogen-bond donors (Lipinski definition) is 1. The van der Waals surface area contributed by atoms with Gasteiger partial charge in [-0.15, -0.1) is 0 Å². The molecule has 0 aliphatic heterocycles. The van der Waals surface area contributed by atoms with E-state index >= 15 is 0 Å². The van der Waals surface area contributed by atoms with Gasteiger partial charge in [-0.1, -0.05) is 18.2 Å². The second-order valence-electron chi connectivity index (χ2n) is 5.82. The Morgan fingerprint density at radius 3 is 2.69 bits per heavy atom. The molecule has 4 aromatic rings. The van der Waals surface area contributed by atoms with Gasteiger partial charge in [-0.3, -0.25) is 0 Å². The number of fused-ring (bicyclic) bond motifs is 1. The number of aromatic amines is 1. The largest absolute Gasteiger partial charge is 0.383 e. The first kappa shape index (κ1) is 16.2. The second-order valence-corrected chi connectivity index (χ2v) is 5.82. The van der Waals surface area contributed by atoms with E-state index in [4.69, 9.17) is 9.72 Å². The third-order valence-electron chi connectivity index (χ3n) is 4.21. The first-order valence-electron chi connectivity index (χ1n) is 8.44. The Morgan fingerprint density at radius 2 is 1.85 bits per heavy atom. The van der Waals surface area contributed by atoms with Gasteiger partial charge in [-0.25, -0.2) is 15.0 Å². The van der Waals surface area contributed by atoms with E-state index in [0.717, 1.165) is 28.0 Å². The fraction of sp³-hybridized carbons (Fsp3) is 0.150. The minimum atomic E-state index is 0.583. The first-order valence-corrected chi connectivity index (χ1v) is 8.44. The zero-order chi connectivity index (χ0) is 17.8. The molecule has 130 valence electrons. The molecule has 0 fully saturated rings. The van der Waals surface area contributed by atoms with Gasteiger partial charge in [0.1, 0.15) is 5.65 Å². The number of para-hydroxylation sites is 1. The van der Waals surface area contributed by atoms with Crippen LogP contribution in [0.5, 0.6) is 0 Å². The Morgan fingerprint density at radius 1 is 1.00 bits per heavy atom. The van der Waals surface area contributed by atoms with Gasteiger partial charge in [0.15, 0.2) is 0 Å². The molecule has 0 atom stereocenters. The number of aromatic nitrogens is 4. The van der Waals surface area contributed by atoms with Crippen LogP contribution in [-0.4, -0.2) is 40.2 Å². The molecule has 0 spiro atoms. The second kappa shape index (κ2) is 7.33. The lowest BCUT2D eigenvalue weighted by Gasteiger charge is -2.22. The summed E-state index contributed by atoms with van der Waals surface area (Å²) in [6, 6.07) is 16.0. The van der Waals surface area contributed by atoms with E-state index in [9.17, 15) is 0 Å². The van der Waals surface area contributed by atoms with Gasteiger partial charge < -0.3 is 14.6 Å². The Labute approximate surface area is 151 Å². The third-order valence-corrected chi connectivity index (χ3v) is 4.21. The highest BCUT2D eigenvalue weighted by Crippen LogP contribution is 2.28. The van der Waals surface area contributed by atoms with Crippen molar-refractivity contribution in [1.82, 2.24) is 19.9 Å². The molecule has 3 heterocycles. The van der Waals surface area contributed by atoms with Crippen molar-refractivity contribution >= 4 is 22.7 Å². The molecule has 0 radical (unpaired) electrons. The molecule has 0 unspecified atom stereocenters. The van der Waals surface area contributed by atoms with Crippen LogP contribution in [0.4, 0.5) is 11.6 Å². The van der Waals surface area contributed by atoms with Crippen molar-refractivity contribution in [3.63, 3.8) is 0 Å². The van der Waals surface area contributed by atoms with Crippen LogP contribution >= 0.6 is 0 Å². The highest BCUT2D eigenvalue weighted by molar-refractivity contribution is 5.91. The Bertz CT molecular complexity index is 999. The smallest absolute Gasteiger partial charge is 0.230 e. The van der Waals surface area contributed by atoms with Crippen LogP contribution in [0.25, 0.3) is 22.3 Å². The Balaban J connectivity index is 1.77. The van der Waals surface area contributed by atoms with E-state index < -0.39 is 0 Å². The van der Waals surface area contributed by atoms with E-state index in [0.29, 0.717) is 19.1 Å². The molecular weight excluding hydrogens is 326 g/mol. The van der Waals surface area contributed by atoms with Gasteiger partial charge in [0.05, 0.1) is 12.3 Å². The van der Waals surface area contributed by atoms with Crippen LogP contribution < -0.4 is 4.90 Å². The first-order chi connectivity index (χ1) is 12.9. The molecule has 26 heavy (non-hydrogen) atoms. The van der Waals surface area contributed by atoms with Gasteiger partial charge in [0.25, 0.3) is 0 Å². The van der Waals surface area contributed by atoms with Crippen molar-refractivity contribution in [3.05, 3.63) is 67.1 Å². The quantitative estimate of drug-likeness (QED) is 0.576. The maximum Gasteiger partial charge on any atom is 0.230 e. The fourth-order valence-electron chi connectivity index (χ4n) is 2.95. The molecule has 0 amide bonds. The summed E-state index contributed by atoms with van der Waals surface area (Å²) in [4.78, 5) is 18.9. The predicted octanol–water partition coefficient (Wildman–Crippen LogP) is 3.80. The molecule has 0 aliphatic carbocycles. The molecule has 1 aromatic carbocycles. The predicted molar refractivity (Wildman–Crippen MR) is 102 cm³/mol. The highest BCUT2D eigenvalue weighted by atomic mass is 16.5. The zero-order valence-electron chi connectivity index (χ0n) is 14.5. The van der Waals surface area contributed by atoms with Crippen LogP contribution in [0, 0.1) is 0 Å². The molecule has 6 heteroatoms. The number of benzene rings is 1. The minimum Gasteiger partial charge on any atom is -0.383 e. The number of hydrogen-bond acceptors (Lipinski definition) is 5. The van der Waals surface area contributed by atoms with E-state index in [2.05, 4.69) is 19.9 Å². The number of H-pyrrole nitrogens is 1. The summed E-state index contributed by atoms with van der Waals surface area (Å²) < 4.78 is 5.27. The minimum absolute atomic E-state index is 0.583. The number of nitrogens with zero attached hydrogens (tertiary/aromatic N) is 4. The number of ether oxygens (including phenoxy) is 1. The van der Waals surface area contributed by atoms with Crippen molar-refractivity contribution in [1.29, 1.82) is 0 Å². The lowest BCUT2D eigenvalue weighted by molar-refractivity contribution is 0.207. The van der Waals surface area contributed by atoms with Gasteiger partial charge in [-0.05, 0) is 30.3 Å². The molecule has 0 saturated carbocycles. The van der Waals surface area contributed by atoms with Crippen molar-refractivity contribution in [2.24, 2.45) is 0 Å². The monoisotopic (exact) mass is 345 g/mol. The summed E-state index contributed by atoms with van der Waals surface area (Å²) in [5.74, 6) is 0.645. The molecule has 0 aliphatic rings. The van der Waals surface area contributed by atoms with E-state index in [1.54, 1.807) is 19.5 Å². The maximum absolute atomic E-state index is 5.27. The van der Waals surface area contributed by atoms with Gasteiger partial charge >= 0.3 is 0 Å². The summed E-state index contributed by atoms with van der Waals surface area (Å²) in [5, 5.41) is 1.04. The van der Waals surface area contributed by atoms with Crippen LogP contribution in [-0.2, 0) is 4.74 Å². The summed E-state index contributed by atoms with van der Waals surface area (Å²) in [7, 11) is 1.69. The SMILES string of the molecule is COCCN(c1ccccc1)c1nccc(-c2ccnc3[nH]ccc23)n1. The zero-order valence-corrected chi connectivity index (χ0v) is 14.5. The molecule has 3 aromatic heterocycles. The molecule has 6 nitrogen and oxygen atoms in total. The molecule has 4 rings (SSSR count). The van der Waals surface area contributed by atoms with E-state index in [1.165, 1.54) is 0 Å². The van der Waals surface area contributed by atoms with Crippen molar-refractivity contribution < 1.29 is 4.74 Å². The fourth-order valence-corrected chi connectivity index (χ4v) is 2.95. The summed E-state index contributed by atoms with van der Waals surface area (Å²) >= 11 is 0. The summed E-state index contributed by atoms with van der Waals surface area (Å²) in [6.07, 6.45) is 5.47. The van der Waals surface area contributed by atoms with Gasteiger partial charge in [0.2, 0.25) is 5.95 Å². The van der Waals surface area contributed by atoms with Crippen LogP contribution in [0.15, 0.2) is 67.1 Å². The van der Waals surface area contributed by atoms with Crippen LogP contribution in [0.3, 0.4) is 0 Å². The Kier molecular flexibility index (Phi) is 4.57. The molecule has 1 N–H and O–H groups in total. The molecular formula is C20H19N5O. The average Bonchev–Trinajstić information content (AvgIpc) is 3.18. The number of rotatable bonds is 6. The normalized spacial score (nSPS) is 11.0. The summed E-state index contributed by atoms with van der Waals surface area (Å²) in [5.41, 5.74) is 3.77. The Hall–Kier alpha value is -3.25. The summed E-state index contributed by atoms with van der Waals surface area (Å²) in [6.45, 7) is 1.25. The van der Waals surface area contributed by atoms with Crippen LogP contribution in [0.1, 0.15) is 0 Å². The van der Waals surface area contributed by atoms with Crippen LogP contribution in [0.2, 0.25) is 0 Å². The molecule has 0 bridgehead atoms. The number of nitrogens with one attached hydrogen (secondary N) is 1. The van der Waals surface area contributed by atoms with Gasteiger partial charge in [0, 0.05) is 48.9 Å². The molecule has 0 saturated heterocycles. The lowest BCUT2D eigenvalue weighted by atomic mass is 10.1. The van der Waals surface area contributed by atoms with Crippen molar-refractivity contribution in [3.8, 4) is 11.3 Å². The number of methoxy groups -OCH3 is 1. The third kappa shape index (κ3) is 3.14. The van der Waals surface area contributed by atoms with Gasteiger partial charge in [-0.2, -0.15) is 0 Å². The lowest BCUT2D eigenvalue weighted by Crippen LogP contribution is -2.24. The van der Waals surface area contributed by atoms with E-state index in [1.807, 2.05) is 54.7 Å². The van der Waals surface area contributed by atoms with Crippen molar-refractivity contribution in [2.75, 3.05) is 25.2 Å². The highest BCUT2D eigenvalue weighted by Gasteiger charge is 2.14. The number of anilines is 2. The average molecular weight is 345 g/mol.